The summed E-state index contributed by atoms with van der Waals surface area (Å²) in [4.78, 5) is 6.97. The number of thiocarbonyl (C=S) groups is 1. The molecule has 1 N–H and O–H groups in total. The summed E-state index contributed by atoms with van der Waals surface area (Å²) in [5, 5.41) is 4.35. The van der Waals surface area contributed by atoms with E-state index in [-0.39, 0.29) is 12.1 Å². The third kappa shape index (κ3) is 3.12. The third-order valence-corrected chi connectivity index (χ3v) is 6.94. The van der Waals surface area contributed by atoms with Crippen LogP contribution in [0.1, 0.15) is 64.7 Å². The summed E-state index contributed by atoms with van der Waals surface area (Å²) >= 11 is 5.88. The molecule has 1 saturated carbocycles. The fourth-order valence-corrected chi connectivity index (χ4v) is 5.17. The van der Waals surface area contributed by atoms with Crippen LogP contribution in [-0.2, 0) is 0 Å². The molecule has 3 aromatic rings. The molecule has 0 radical (unpaired) electrons. The number of hydrogen-bond acceptors (Lipinski definition) is 2. The van der Waals surface area contributed by atoms with Crippen molar-refractivity contribution in [2.45, 2.75) is 58.7 Å². The summed E-state index contributed by atoms with van der Waals surface area (Å²) in [6.45, 7) is 8.80. The van der Waals surface area contributed by atoms with Crippen molar-refractivity contribution >= 4 is 23.0 Å². The number of pyridine rings is 1. The third-order valence-electron chi connectivity index (χ3n) is 6.62. The van der Waals surface area contributed by atoms with Gasteiger partial charge in [-0.2, -0.15) is 0 Å². The molecule has 0 amide bonds. The zero-order chi connectivity index (χ0) is 21.0. The average Bonchev–Trinajstić information content (AvgIpc) is 3.44. The van der Waals surface area contributed by atoms with E-state index in [2.05, 4.69) is 83.9 Å². The van der Waals surface area contributed by atoms with Gasteiger partial charge in [-0.15, -0.1) is 0 Å². The average molecular weight is 417 g/mol. The summed E-state index contributed by atoms with van der Waals surface area (Å²) in [7, 11) is 0. The highest BCUT2D eigenvalue weighted by Gasteiger charge is 2.43. The van der Waals surface area contributed by atoms with Gasteiger partial charge in [0.1, 0.15) is 0 Å². The maximum Gasteiger partial charge on any atom is 0.174 e. The minimum absolute atomic E-state index is 0.00784. The Morgan fingerprint density at radius 2 is 1.80 bits per heavy atom. The smallest absolute Gasteiger partial charge is 0.174 e. The standard InChI is InChI=1S/C25H28N4S/c1-15-8-9-20(13-16(15)2)29-24(21-14-17(3)28(18(21)4)19-10-11-19)23(27-25(29)30)22-7-5-6-12-26-22/h5-9,12-14,19,23-24H,10-11H2,1-4H3,(H,27,30)/t23-,24-/m0/s1. The molecule has 0 bridgehead atoms. The van der Waals surface area contributed by atoms with Gasteiger partial charge in [0.2, 0.25) is 0 Å². The fraction of sp³-hybridized carbons (Fsp3) is 0.360. The topological polar surface area (TPSA) is 33.1 Å². The molecule has 1 aliphatic heterocycles. The first kappa shape index (κ1) is 19.3. The van der Waals surface area contributed by atoms with Gasteiger partial charge >= 0.3 is 0 Å². The van der Waals surface area contributed by atoms with Crippen LogP contribution in [0.5, 0.6) is 0 Å². The van der Waals surface area contributed by atoms with Crippen LogP contribution in [0.15, 0.2) is 48.7 Å². The van der Waals surface area contributed by atoms with Gasteiger partial charge in [-0.25, -0.2) is 0 Å². The fourth-order valence-electron chi connectivity index (χ4n) is 4.82. The summed E-state index contributed by atoms with van der Waals surface area (Å²) in [6, 6.07) is 15.8. The van der Waals surface area contributed by atoms with Crippen LogP contribution in [0.2, 0.25) is 0 Å². The highest BCUT2D eigenvalue weighted by Crippen LogP contribution is 2.46. The van der Waals surface area contributed by atoms with Crippen LogP contribution in [0, 0.1) is 27.7 Å². The second kappa shape index (κ2) is 7.24. The molecule has 5 rings (SSSR count). The maximum atomic E-state index is 5.88. The predicted octanol–water partition coefficient (Wildman–Crippen LogP) is 5.63. The number of aryl methyl sites for hydroxylation is 3. The van der Waals surface area contributed by atoms with Gasteiger partial charge in [0.15, 0.2) is 5.11 Å². The van der Waals surface area contributed by atoms with E-state index in [1.807, 2.05) is 12.3 Å². The Morgan fingerprint density at radius 1 is 1.00 bits per heavy atom. The molecule has 0 spiro atoms. The Kier molecular flexibility index (Phi) is 4.66. The zero-order valence-corrected chi connectivity index (χ0v) is 18.8. The summed E-state index contributed by atoms with van der Waals surface area (Å²) in [5.74, 6) is 0. The van der Waals surface area contributed by atoms with Crippen LogP contribution >= 0.6 is 12.2 Å². The summed E-state index contributed by atoms with van der Waals surface area (Å²) in [6.07, 6.45) is 4.42. The molecule has 1 aliphatic carbocycles. The molecular weight excluding hydrogens is 388 g/mol. The van der Waals surface area contributed by atoms with Crippen LogP contribution in [0.3, 0.4) is 0 Å². The molecule has 5 heteroatoms. The van der Waals surface area contributed by atoms with Crippen molar-refractivity contribution < 1.29 is 0 Å². The first-order valence-electron chi connectivity index (χ1n) is 10.7. The number of aromatic nitrogens is 2. The van der Waals surface area contributed by atoms with E-state index in [0.717, 1.165) is 16.5 Å². The molecule has 2 atom stereocenters. The lowest BCUT2D eigenvalue weighted by molar-refractivity contribution is 0.562. The van der Waals surface area contributed by atoms with Crippen molar-refractivity contribution in [2.75, 3.05) is 4.90 Å². The SMILES string of the molecule is Cc1ccc(N2C(=S)N[C@@H](c3ccccn3)[C@@H]2c2cc(C)n(C3CC3)c2C)cc1C. The lowest BCUT2D eigenvalue weighted by atomic mass is 9.96. The van der Waals surface area contributed by atoms with Gasteiger partial charge in [-0.3, -0.25) is 4.98 Å². The molecule has 2 aromatic heterocycles. The largest absolute Gasteiger partial charge is 0.351 e. The highest BCUT2D eigenvalue weighted by atomic mass is 32.1. The van der Waals surface area contributed by atoms with E-state index >= 15 is 0 Å². The Labute approximate surface area is 183 Å². The number of anilines is 1. The van der Waals surface area contributed by atoms with Gasteiger partial charge in [0, 0.05) is 29.3 Å². The lowest BCUT2D eigenvalue weighted by Crippen LogP contribution is -2.29. The molecule has 1 aromatic carbocycles. The van der Waals surface area contributed by atoms with Crippen molar-refractivity contribution in [3.8, 4) is 0 Å². The number of benzene rings is 1. The Balaban J connectivity index is 1.67. The minimum atomic E-state index is 0.00784. The van der Waals surface area contributed by atoms with E-state index < -0.39 is 0 Å². The van der Waals surface area contributed by atoms with E-state index in [9.17, 15) is 0 Å². The van der Waals surface area contributed by atoms with Crippen LogP contribution in [-0.4, -0.2) is 14.7 Å². The highest BCUT2D eigenvalue weighted by molar-refractivity contribution is 7.80. The summed E-state index contributed by atoms with van der Waals surface area (Å²) in [5.41, 5.74) is 8.74. The van der Waals surface area contributed by atoms with E-state index in [0.29, 0.717) is 6.04 Å². The van der Waals surface area contributed by atoms with Gasteiger partial charge in [0.25, 0.3) is 0 Å². The summed E-state index contributed by atoms with van der Waals surface area (Å²) < 4.78 is 2.52. The molecule has 3 heterocycles. The van der Waals surface area contributed by atoms with Crippen molar-refractivity contribution in [1.82, 2.24) is 14.9 Å². The Bertz CT molecular complexity index is 1110. The van der Waals surface area contributed by atoms with Gasteiger partial charge in [-0.1, -0.05) is 12.1 Å². The van der Waals surface area contributed by atoms with Crippen molar-refractivity contribution in [3.05, 3.63) is 82.4 Å². The van der Waals surface area contributed by atoms with Crippen LogP contribution in [0.25, 0.3) is 0 Å². The minimum Gasteiger partial charge on any atom is -0.351 e. The maximum absolute atomic E-state index is 5.88. The van der Waals surface area contributed by atoms with Crippen molar-refractivity contribution in [1.29, 1.82) is 0 Å². The molecule has 154 valence electrons. The van der Waals surface area contributed by atoms with Crippen LogP contribution < -0.4 is 10.2 Å². The second-order valence-electron chi connectivity index (χ2n) is 8.69. The van der Waals surface area contributed by atoms with Gasteiger partial charge < -0.3 is 14.8 Å². The Morgan fingerprint density at radius 3 is 2.47 bits per heavy atom. The molecule has 1 saturated heterocycles. The number of nitrogens with one attached hydrogen (secondary N) is 1. The predicted molar refractivity (Wildman–Crippen MR) is 126 cm³/mol. The van der Waals surface area contributed by atoms with E-state index in [1.165, 1.54) is 40.9 Å². The monoisotopic (exact) mass is 416 g/mol. The first-order chi connectivity index (χ1) is 14.5. The van der Waals surface area contributed by atoms with Gasteiger partial charge in [-0.05, 0) is 99.8 Å². The molecule has 4 nitrogen and oxygen atoms in total. The molecule has 2 fully saturated rings. The second-order valence-corrected chi connectivity index (χ2v) is 9.08. The van der Waals surface area contributed by atoms with Crippen LogP contribution in [0.4, 0.5) is 5.69 Å². The molecule has 2 aliphatic rings. The van der Waals surface area contributed by atoms with Crippen molar-refractivity contribution in [2.24, 2.45) is 0 Å². The molecule has 30 heavy (non-hydrogen) atoms. The molecule has 0 unspecified atom stereocenters. The number of hydrogen-bond donors (Lipinski definition) is 1. The van der Waals surface area contributed by atoms with E-state index in [1.54, 1.807) is 0 Å². The number of rotatable bonds is 4. The Hall–Kier alpha value is -2.66. The normalized spacial score (nSPS) is 21.2. The quantitative estimate of drug-likeness (QED) is 0.559. The van der Waals surface area contributed by atoms with E-state index in [4.69, 9.17) is 12.2 Å². The number of nitrogens with zero attached hydrogens (tertiary/aromatic N) is 3. The first-order valence-corrected chi connectivity index (χ1v) is 11.1. The lowest BCUT2D eigenvalue weighted by Gasteiger charge is -2.28. The molecular formula is C25H28N4S. The van der Waals surface area contributed by atoms with Crippen molar-refractivity contribution in [3.63, 3.8) is 0 Å². The zero-order valence-electron chi connectivity index (χ0n) is 18.0. The van der Waals surface area contributed by atoms with Gasteiger partial charge in [0.05, 0.1) is 17.8 Å².